The summed E-state index contributed by atoms with van der Waals surface area (Å²) < 4.78 is 5.32. The Hall–Kier alpha value is -1.86. The van der Waals surface area contributed by atoms with Gasteiger partial charge in [-0.1, -0.05) is 37.1 Å². The Labute approximate surface area is 138 Å². The zero-order valence-corrected chi connectivity index (χ0v) is 13.8. The molecule has 0 aromatic heterocycles. The van der Waals surface area contributed by atoms with Gasteiger partial charge in [0.15, 0.2) is 5.41 Å². The second-order valence-corrected chi connectivity index (χ2v) is 6.53. The van der Waals surface area contributed by atoms with Crippen molar-refractivity contribution in [2.24, 2.45) is 5.41 Å². The first-order valence-electron chi connectivity index (χ1n) is 8.63. The van der Waals surface area contributed by atoms with E-state index >= 15 is 0 Å². The van der Waals surface area contributed by atoms with Crippen molar-refractivity contribution in [1.29, 1.82) is 5.26 Å². The maximum Gasteiger partial charge on any atom is 0.328 e. The van der Waals surface area contributed by atoms with E-state index < -0.39 is 5.41 Å². The molecule has 4 nitrogen and oxygen atoms in total. The first kappa shape index (κ1) is 16.0. The predicted octanol–water partition coefficient (Wildman–Crippen LogP) is 3.23. The van der Waals surface area contributed by atoms with Crippen LogP contribution < -0.4 is 0 Å². The zero-order valence-electron chi connectivity index (χ0n) is 13.8. The van der Waals surface area contributed by atoms with Crippen LogP contribution in [0.15, 0.2) is 24.3 Å². The summed E-state index contributed by atoms with van der Waals surface area (Å²) in [5.41, 5.74) is 1.13. The van der Waals surface area contributed by atoms with Crippen molar-refractivity contribution in [3.8, 4) is 6.07 Å². The molecule has 0 saturated carbocycles. The summed E-state index contributed by atoms with van der Waals surface area (Å²) in [6, 6.07) is 10.3. The predicted molar refractivity (Wildman–Crippen MR) is 87.6 cm³/mol. The van der Waals surface area contributed by atoms with Crippen LogP contribution in [-0.2, 0) is 16.0 Å². The third-order valence-corrected chi connectivity index (χ3v) is 5.13. The molecule has 1 fully saturated rings. The number of esters is 1. The lowest BCUT2D eigenvalue weighted by molar-refractivity contribution is -0.155. The van der Waals surface area contributed by atoms with Crippen molar-refractivity contribution in [2.75, 3.05) is 19.7 Å². The Bertz CT molecular complexity index is 614. The summed E-state index contributed by atoms with van der Waals surface area (Å²) >= 11 is 0. The number of hydrogen-bond donors (Lipinski definition) is 0. The van der Waals surface area contributed by atoms with Crippen LogP contribution >= 0.6 is 0 Å². The SMILES string of the molecule is CCOC(=O)C1(C#N)Cc2ccccc2C1N1CCCCCC1. The number of likely N-dealkylation sites (tertiary alicyclic amines) is 1. The highest BCUT2D eigenvalue weighted by Crippen LogP contribution is 2.50. The molecule has 0 spiro atoms. The molecule has 1 aliphatic heterocycles. The van der Waals surface area contributed by atoms with Gasteiger partial charge in [-0.2, -0.15) is 5.26 Å². The number of rotatable bonds is 3. The zero-order chi connectivity index (χ0) is 16.3. The molecule has 1 aromatic rings. The lowest BCUT2D eigenvalue weighted by Gasteiger charge is -2.36. The maximum atomic E-state index is 12.7. The van der Waals surface area contributed by atoms with Gasteiger partial charge in [-0.05, 0) is 44.0 Å². The van der Waals surface area contributed by atoms with E-state index in [4.69, 9.17) is 4.74 Å². The van der Waals surface area contributed by atoms with Crippen LogP contribution in [0.5, 0.6) is 0 Å². The Morgan fingerprint density at radius 3 is 2.65 bits per heavy atom. The van der Waals surface area contributed by atoms with Crippen molar-refractivity contribution in [1.82, 2.24) is 4.90 Å². The first-order chi connectivity index (χ1) is 11.2. The molecular weight excluding hydrogens is 288 g/mol. The summed E-state index contributed by atoms with van der Waals surface area (Å²) in [5, 5.41) is 9.98. The summed E-state index contributed by atoms with van der Waals surface area (Å²) in [4.78, 5) is 15.1. The molecule has 1 saturated heterocycles. The second-order valence-electron chi connectivity index (χ2n) is 6.53. The molecule has 122 valence electrons. The average molecular weight is 312 g/mol. The fourth-order valence-electron chi connectivity index (χ4n) is 4.08. The average Bonchev–Trinajstić information content (AvgIpc) is 2.71. The fourth-order valence-corrected chi connectivity index (χ4v) is 4.08. The molecule has 1 aromatic carbocycles. The van der Waals surface area contributed by atoms with Gasteiger partial charge in [0.25, 0.3) is 0 Å². The van der Waals surface area contributed by atoms with Crippen molar-refractivity contribution < 1.29 is 9.53 Å². The van der Waals surface area contributed by atoms with Gasteiger partial charge in [-0.15, -0.1) is 0 Å². The summed E-state index contributed by atoms with van der Waals surface area (Å²) in [6.07, 6.45) is 5.17. The summed E-state index contributed by atoms with van der Waals surface area (Å²) in [5.74, 6) is -0.368. The Morgan fingerprint density at radius 2 is 2.00 bits per heavy atom. The van der Waals surface area contributed by atoms with Gasteiger partial charge in [0, 0.05) is 6.42 Å². The minimum absolute atomic E-state index is 0.180. The van der Waals surface area contributed by atoms with E-state index in [1.165, 1.54) is 12.8 Å². The van der Waals surface area contributed by atoms with Crippen LogP contribution in [0.25, 0.3) is 0 Å². The lowest BCUT2D eigenvalue weighted by Crippen LogP contribution is -2.44. The molecule has 2 aliphatic rings. The van der Waals surface area contributed by atoms with E-state index in [1.54, 1.807) is 6.92 Å². The Balaban J connectivity index is 2.04. The molecular formula is C19H24N2O2. The number of carbonyl (C=O) groups is 1. The molecule has 2 atom stereocenters. The highest BCUT2D eigenvalue weighted by molar-refractivity contribution is 5.83. The standard InChI is InChI=1S/C19H24N2O2/c1-2-23-18(22)19(14-20)13-15-9-5-6-10-16(15)17(19)21-11-7-3-4-8-12-21/h5-6,9-10,17H,2-4,7-8,11-13H2,1H3. The largest absolute Gasteiger partial charge is 0.465 e. The molecule has 1 heterocycles. The molecule has 0 amide bonds. The molecule has 3 rings (SSSR count). The van der Waals surface area contributed by atoms with Gasteiger partial charge >= 0.3 is 5.97 Å². The minimum atomic E-state index is -1.11. The van der Waals surface area contributed by atoms with E-state index in [0.29, 0.717) is 13.0 Å². The number of ether oxygens (including phenoxy) is 1. The minimum Gasteiger partial charge on any atom is -0.465 e. The van der Waals surface area contributed by atoms with Crippen LogP contribution in [0.2, 0.25) is 0 Å². The molecule has 0 N–H and O–H groups in total. The van der Waals surface area contributed by atoms with Gasteiger partial charge in [0.1, 0.15) is 0 Å². The van der Waals surface area contributed by atoms with Gasteiger partial charge in [0.05, 0.1) is 18.7 Å². The van der Waals surface area contributed by atoms with Crippen LogP contribution in [0.4, 0.5) is 0 Å². The van der Waals surface area contributed by atoms with Crippen molar-refractivity contribution in [3.63, 3.8) is 0 Å². The fraction of sp³-hybridized carbons (Fsp3) is 0.579. The van der Waals surface area contributed by atoms with E-state index in [2.05, 4.69) is 17.0 Å². The monoisotopic (exact) mass is 312 g/mol. The van der Waals surface area contributed by atoms with Crippen molar-refractivity contribution in [2.45, 2.75) is 45.1 Å². The van der Waals surface area contributed by atoms with Crippen LogP contribution in [0, 0.1) is 16.7 Å². The van der Waals surface area contributed by atoms with E-state index in [-0.39, 0.29) is 12.0 Å². The topological polar surface area (TPSA) is 53.3 Å². The number of carbonyl (C=O) groups excluding carboxylic acids is 1. The quantitative estimate of drug-likeness (QED) is 0.804. The number of benzene rings is 1. The molecule has 0 radical (unpaired) electrons. The van der Waals surface area contributed by atoms with Gasteiger partial charge in [-0.3, -0.25) is 9.69 Å². The molecule has 23 heavy (non-hydrogen) atoms. The number of nitrogens with zero attached hydrogens (tertiary/aromatic N) is 2. The maximum absolute atomic E-state index is 12.7. The van der Waals surface area contributed by atoms with Crippen LogP contribution in [0.1, 0.15) is 49.8 Å². The number of fused-ring (bicyclic) bond motifs is 1. The lowest BCUT2D eigenvalue weighted by atomic mass is 9.81. The van der Waals surface area contributed by atoms with Gasteiger partial charge < -0.3 is 4.74 Å². The van der Waals surface area contributed by atoms with E-state index in [0.717, 1.165) is 37.1 Å². The highest BCUT2D eigenvalue weighted by Gasteiger charge is 2.55. The van der Waals surface area contributed by atoms with Crippen LogP contribution in [-0.4, -0.2) is 30.6 Å². The van der Waals surface area contributed by atoms with Crippen LogP contribution in [0.3, 0.4) is 0 Å². The van der Waals surface area contributed by atoms with E-state index in [9.17, 15) is 10.1 Å². The second kappa shape index (κ2) is 6.72. The third kappa shape index (κ3) is 2.74. The highest BCUT2D eigenvalue weighted by atomic mass is 16.5. The Kier molecular flexibility index (Phi) is 4.68. The first-order valence-corrected chi connectivity index (χ1v) is 8.63. The third-order valence-electron chi connectivity index (χ3n) is 5.13. The van der Waals surface area contributed by atoms with Crippen molar-refractivity contribution >= 4 is 5.97 Å². The molecule has 2 unspecified atom stereocenters. The van der Waals surface area contributed by atoms with Gasteiger partial charge in [0.2, 0.25) is 0 Å². The normalized spacial score (nSPS) is 27.7. The number of nitriles is 1. The van der Waals surface area contributed by atoms with Gasteiger partial charge in [-0.25, -0.2) is 0 Å². The summed E-state index contributed by atoms with van der Waals surface area (Å²) in [7, 11) is 0. The molecule has 1 aliphatic carbocycles. The Morgan fingerprint density at radius 1 is 1.30 bits per heavy atom. The molecule has 4 heteroatoms. The number of hydrogen-bond acceptors (Lipinski definition) is 4. The van der Waals surface area contributed by atoms with E-state index in [1.807, 2.05) is 18.2 Å². The van der Waals surface area contributed by atoms with Crippen molar-refractivity contribution in [3.05, 3.63) is 35.4 Å². The summed E-state index contributed by atoms with van der Waals surface area (Å²) in [6.45, 7) is 4.00. The molecule has 0 bridgehead atoms. The smallest absolute Gasteiger partial charge is 0.328 e.